The van der Waals surface area contributed by atoms with Crippen molar-refractivity contribution in [1.82, 2.24) is 10.3 Å². The van der Waals surface area contributed by atoms with Crippen molar-refractivity contribution in [2.24, 2.45) is 0 Å². The van der Waals surface area contributed by atoms with Gasteiger partial charge in [-0.05, 0) is 42.8 Å². The monoisotopic (exact) mass is 284 g/mol. The van der Waals surface area contributed by atoms with E-state index in [1.54, 1.807) is 6.20 Å². The predicted octanol–water partition coefficient (Wildman–Crippen LogP) is 2.75. The Morgan fingerprint density at radius 1 is 1.19 bits per heavy atom. The molecule has 1 atom stereocenters. The van der Waals surface area contributed by atoms with Gasteiger partial charge >= 0.3 is 0 Å². The van der Waals surface area contributed by atoms with Crippen molar-refractivity contribution in [3.8, 4) is 11.5 Å². The van der Waals surface area contributed by atoms with Gasteiger partial charge in [-0.25, -0.2) is 0 Å². The van der Waals surface area contributed by atoms with Crippen LogP contribution in [0.15, 0.2) is 42.7 Å². The summed E-state index contributed by atoms with van der Waals surface area (Å²) in [5.74, 6) is 1.68. The van der Waals surface area contributed by atoms with E-state index < -0.39 is 0 Å². The Labute approximate surface area is 125 Å². The van der Waals surface area contributed by atoms with Crippen molar-refractivity contribution in [3.63, 3.8) is 0 Å². The smallest absolute Gasteiger partial charge is 0.161 e. The Morgan fingerprint density at radius 2 is 2.05 bits per heavy atom. The maximum absolute atomic E-state index is 5.77. The van der Waals surface area contributed by atoms with Crippen molar-refractivity contribution in [3.05, 3.63) is 53.9 Å². The van der Waals surface area contributed by atoms with Gasteiger partial charge in [-0.3, -0.25) is 4.98 Å². The number of likely N-dealkylation sites (N-methyl/N-ethyl adjacent to an activating group) is 1. The molecule has 2 aromatic rings. The lowest BCUT2D eigenvalue weighted by Gasteiger charge is -2.18. The zero-order chi connectivity index (χ0) is 14.5. The molecule has 1 N–H and O–H groups in total. The van der Waals surface area contributed by atoms with Gasteiger partial charge in [-0.15, -0.1) is 0 Å². The quantitative estimate of drug-likeness (QED) is 0.937. The van der Waals surface area contributed by atoms with Crippen LogP contribution in [0.5, 0.6) is 11.5 Å². The van der Waals surface area contributed by atoms with E-state index in [0.717, 1.165) is 30.9 Å². The molecule has 1 unspecified atom stereocenters. The van der Waals surface area contributed by atoms with Crippen LogP contribution in [-0.4, -0.2) is 25.2 Å². The van der Waals surface area contributed by atoms with Crippen molar-refractivity contribution < 1.29 is 9.47 Å². The summed E-state index contributed by atoms with van der Waals surface area (Å²) >= 11 is 0. The van der Waals surface area contributed by atoms with Crippen molar-refractivity contribution in [1.29, 1.82) is 0 Å². The first kappa shape index (κ1) is 13.9. The number of fused-ring (bicyclic) bond motifs is 1. The SMILES string of the molecule is CNC(Cc1cccnc1)c1ccc2c(c1)OCCCO2. The van der Waals surface area contributed by atoms with Gasteiger partial charge in [-0.1, -0.05) is 12.1 Å². The summed E-state index contributed by atoms with van der Waals surface area (Å²) in [6, 6.07) is 10.5. The first-order chi connectivity index (χ1) is 10.4. The molecule has 1 aliphatic heterocycles. The molecule has 0 fully saturated rings. The van der Waals surface area contributed by atoms with Gasteiger partial charge in [-0.2, -0.15) is 0 Å². The maximum atomic E-state index is 5.77. The fraction of sp³-hybridized carbons (Fsp3) is 0.353. The molecule has 0 saturated carbocycles. The molecule has 0 spiro atoms. The minimum atomic E-state index is 0.228. The van der Waals surface area contributed by atoms with Gasteiger partial charge in [0.25, 0.3) is 0 Å². The number of nitrogens with zero attached hydrogens (tertiary/aromatic N) is 1. The number of benzene rings is 1. The number of ether oxygens (including phenoxy) is 2. The molecule has 4 heteroatoms. The third-order valence-corrected chi connectivity index (χ3v) is 3.69. The second-order valence-corrected chi connectivity index (χ2v) is 5.16. The van der Waals surface area contributed by atoms with Crippen LogP contribution in [0.4, 0.5) is 0 Å². The van der Waals surface area contributed by atoms with Crippen LogP contribution in [0, 0.1) is 0 Å². The van der Waals surface area contributed by atoms with Gasteiger partial charge in [0, 0.05) is 24.9 Å². The Balaban J connectivity index is 1.82. The van der Waals surface area contributed by atoms with Crippen molar-refractivity contribution in [2.75, 3.05) is 20.3 Å². The summed E-state index contributed by atoms with van der Waals surface area (Å²) < 4.78 is 11.4. The van der Waals surface area contributed by atoms with E-state index in [9.17, 15) is 0 Å². The number of hydrogen-bond acceptors (Lipinski definition) is 4. The molecule has 110 valence electrons. The van der Waals surface area contributed by atoms with Crippen LogP contribution in [0.25, 0.3) is 0 Å². The molecule has 0 bridgehead atoms. The van der Waals surface area contributed by atoms with E-state index in [0.29, 0.717) is 6.61 Å². The molecule has 0 amide bonds. The molecule has 21 heavy (non-hydrogen) atoms. The van der Waals surface area contributed by atoms with E-state index in [2.05, 4.69) is 28.5 Å². The third kappa shape index (κ3) is 3.34. The topological polar surface area (TPSA) is 43.4 Å². The Kier molecular flexibility index (Phi) is 4.36. The first-order valence-corrected chi connectivity index (χ1v) is 7.32. The number of rotatable bonds is 4. The highest BCUT2D eigenvalue weighted by Gasteiger charge is 2.15. The van der Waals surface area contributed by atoms with Gasteiger partial charge in [0.15, 0.2) is 11.5 Å². The van der Waals surface area contributed by atoms with Gasteiger partial charge in [0.05, 0.1) is 13.2 Å². The lowest BCUT2D eigenvalue weighted by molar-refractivity contribution is 0.297. The van der Waals surface area contributed by atoms with Gasteiger partial charge in [0.2, 0.25) is 0 Å². The molecule has 0 radical (unpaired) electrons. The van der Waals surface area contributed by atoms with E-state index >= 15 is 0 Å². The standard InChI is InChI=1S/C17H20N2O2/c1-18-15(10-13-4-2-7-19-12-13)14-5-6-16-17(11-14)21-9-3-8-20-16/h2,4-7,11-12,15,18H,3,8-10H2,1H3. The van der Waals surface area contributed by atoms with Crippen molar-refractivity contribution in [2.45, 2.75) is 18.9 Å². The highest BCUT2D eigenvalue weighted by Crippen LogP contribution is 2.33. The van der Waals surface area contributed by atoms with Crippen LogP contribution in [-0.2, 0) is 6.42 Å². The molecule has 1 aromatic carbocycles. The second-order valence-electron chi connectivity index (χ2n) is 5.16. The van der Waals surface area contributed by atoms with Crippen LogP contribution in [0.2, 0.25) is 0 Å². The summed E-state index contributed by atoms with van der Waals surface area (Å²) in [6.45, 7) is 1.43. The molecule has 2 heterocycles. The number of hydrogen-bond donors (Lipinski definition) is 1. The zero-order valence-corrected chi connectivity index (χ0v) is 12.2. The largest absolute Gasteiger partial charge is 0.490 e. The molecule has 4 nitrogen and oxygen atoms in total. The zero-order valence-electron chi connectivity index (χ0n) is 12.2. The molecule has 0 aliphatic carbocycles. The van der Waals surface area contributed by atoms with Gasteiger partial charge < -0.3 is 14.8 Å². The van der Waals surface area contributed by atoms with Crippen LogP contribution in [0.1, 0.15) is 23.6 Å². The number of pyridine rings is 1. The summed E-state index contributed by atoms with van der Waals surface area (Å²) in [4.78, 5) is 4.18. The lowest BCUT2D eigenvalue weighted by Crippen LogP contribution is -2.19. The maximum Gasteiger partial charge on any atom is 0.161 e. The highest BCUT2D eigenvalue weighted by atomic mass is 16.5. The van der Waals surface area contributed by atoms with E-state index in [1.165, 1.54) is 11.1 Å². The molecular formula is C17H20N2O2. The Bertz CT molecular complexity index is 587. The summed E-state index contributed by atoms with van der Waals surface area (Å²) in [5.41, 5.74) is 2.41. The molecule has 1 aromatic heterocycles. The molecule has 3 rings (SSSR count). The average Bonchev–Trinajstić information content (AvgIpc) is 2.78. The number of nitrogens with one attached hydrogen (secondary N) is 1. The number of aromatic nitrogens is 1. The fourth-order valence-corrected chi connectivity index (χ4v) is 2.54. The second kappa shape index (κ2) is 6.59. The predicted molar refractivity (Wildman–Crippen MR) is 81.8 cm³/mol. The van der Waals surface area contributed by atoms with Crippen LogP contribution >= 0.6 is 0 Å². The minimum absolute atomic E-state index is 0.228. The first-order valence-electron chi connectivity index (χ1n) is 7.32. The summed E-state index contributed by atoms with van der Waals surface area (Å²) in [5, 5.41) is 3.37. The highest BCUT2D eigenvalue weighted by molar-refractivity contribution is 5.44. The third-order valence-electron chi connectivity index (χ3n) is 3.69. The van der Waals surface area contributed by atoms with Crippen LogP contribution < -0.4 is 14.8 Å². The summed E-state index contributed by atoms with van der Waals surface area (Å²) in [6.07, 6.45) is 5.53. The van der Waals surface area contributed by atoms with E-state index in [4.69, 9.17) is 9.47 Å². The summed E-state index contributed by atoms with van der Waals surface area (Å²) in [7, 11) is 1.98. The molecular weight excluding hydrogens is 264 g/mol. The fourth-order valence-electron chi connectivity index (χ4n) is 2.54. The van der Waals surface area contributed by atoms with Crippen LogP contribution in [0.3, 0.4) is 0 Å². The van der Waals surface area contributed by atoms with E-state index in [1.807, 2.05) is 25.4 Å². The minimum Gasteiger partial charge on any atom is -0.490 e. The Morgan fingerprint density at radius 3 is 2.81 bits per heavy atom. The molecule has 0 saturated heterocycles. The molecule has 1 aliphatic rings. The van der Waals surface area contributed by atoms with E-state index in [-0.39, 0.29) is 6.04 Å². The van der Waals surface area contributed by atoms with Crippen molar-refractivity contribution >= 4 is 0 Å². The Hall–Kier alpha value is -2.07. The van der Waals surface area contributed by atoms with Gasteiger partial charge in [0.1, 0.15) is 0 Å². The lowest BCUT2D eigenvalue weighted by atomic mass is 9.99. The normalized spacial score (nSPS) is 15.3. The average molecular weight is 284 g/mol.